The highest BCUT2D eigenvalue weighted by Crippen LogP contribution is 2.21. The van der Waals surface area contributed by atoms with E-state index in [-0.39, 0.29) is 29.2 Å². The summed E-state index contributed by atoms with van der Waals surface area (Å²) in [5.41, 5.74) is 0.258. The van der Waals surface area contributed by atoms with E-state index in [2.05, 4.69) is 9.72 Å². The number of pyridine rings is 1. The van der Waals surface area contributed by atoms with Crippen LogP contribution < -0.4 is 4.74 Å². The second kappa shape index (κ2) is 8.17. The summed E-state index contributed by atoms with van der Waals surface area (Å²) < 4.78 is 45.7. The molecule has 0 unspecified atom stereocenters. The number of hydrogen-bond donors (Lipinski definition) is 0. The van der Waals surface area contributed by atoms with Crippen LogP contribution in [-0.4, -0.2) is 54.2 Å². The first-order valence-electron chi connectivity index (χ1n) is 7.91. The molecule has 1 aliphatic heterocycles. The first-order valence-corrected chi connectivity index (χ1v) is 7.91. The number of esters is 1. The maximum Gasteiger partial charge on any atom is 0.422 e. The third-order valence-corrected chi connectivity index (χ3v) is 3.77. The first-order chi connectivity index (χ1) is 11.8. The third kappa shape index (κ3) is 5.61. The lowest BCUT2D eigenvalue weighted by Crippen LogP contribution is -2.40. The number of carbonyl (C=O) groups excluding carboxylic acids is 2. The van der Waals surface area contributed by atoms with Crippen LogP contribution in [0.4, 0.5) is 13.2 Å². The van der Waals surface area contributed by atoms with Crippen LogP contribution in [0.2, 0.25) is 0 Å². The average Bonchev–Trinajstić information content (AvgIpc) is 2.59. The topological polar surface area (TPSA) is 68.7 Å². The number of alkyl halides is 3. The van der Waals surface area contributed by atoms with Crippen molar-refractivity contribution in [2.45, 2.75) is 25.9 Å². The van der Waals surface area contributed by atoms with Gasteiger partial charge < -0.3 is 14.4 Å². The third-order valence-electron chi connectivity index (χ3n) is 3.77. The molecule has 0 saturated carbocycles. The van der Waals surface area contributed by atoms with Crippen LogP contribution in [0.3, 0.4) is 0 Å². The zero-order valence-corrected chi connectivity index (χ0v) is 13.7. The second-order valence-electron chi connectivity index (χ2n) is 5.61. The molecule has 0 N–H and O–H groups in total. The molecule has 0 spiro atoms. The molecule has 0 atom stereocenters. The smallest absolute Gasteiger partial charge is 0.422 e. The van der Waals surface area contributed by atoms with Crippen molar-refractivity contribution in [2.75, 3.05) is 26.3 Å². The molecule has 1 saturated heterocycles. The molecule has 2 heterocycles. The second-order valence-corrected chi connectivity index (χ2v) is 5.61. The fourth-order valence-corrected chi connectivity index (χ4v) is 2.51. The molecule has 0 bridgehead atoms. The Bertz CT molecular complexity index is 596. The zero-order chi connectivity index (χ0) is 18.4. The van der Waals surface area contributed by atoms with Gasteiger partial charge in [-0.1, -0.05) is 0 Å². The van der Waals surface area contributed by atoms with Gasteiger partial charge in [0.1, 0.15) is 0 Å². The van der Waals surface area contributed by atoms with Crippen molar-refractivity contribution in [2.24, 2.45) is 5.92 Å². The van der Waals surface area contributed by atoms with Gasteiger partial charge in [0, 0.05) is 25.4 Å². The maximum atomic E-state index is 12.4. The number of nitrogens with zero attached hydrogens (tertiary/aromatic N) is 2. The lowest BCUT2D eigenvalue weighted by atomic mass is 9.96. The van der Waals surface area contributed by atoms with Crippen LogP contribution in [0.25, 0.3) is 0 Å². The Morgan fingerprint density at radius 2 is 1.96 bits per heavy atom. The summed E-state index contributed by atoms with van der Waals surface area (Å²) in [6.45, 7) is 1.45. The molecule has 0 radical (unpaired) electrons. The van der Waals surface area contributed by atoms with Crippen LogP contribution in [0.5, 0.6) is 5.88 Å². The van der Waals surface area contributed by atoms with E-state index in [1.807, 2.05) is 0 Å². The van der Waals surface area contributed by atoms with Gasteiger partial charge in [-0.2, -0.15) is 13.2 Å². The van der Waals surface area contributed by atoms with Crippen molar-refractivity contribution in [3.05, 3.63) is 23.9 Å². The van der Waals surface area contributed by atoms with Crippen molar-refractivity contribution < 1.29 is 32.2 Å². The molecule has 9 heteroatoms. The molecular formula is C16H19F3N2O4. The molecule has 1 aromatic heterocycles. The van der Waals surface area contributed by atoms with Crippen LogP contribution >= 0.6 is 0 Å². The van der Waals surface area contributed by atoms with E-state index in [1.54, 1.807) is 11.8 Å². The molecule has 1 aliphatic rings. The van der Waals surface area contributed by atoms with E-state index in [9.17, 15) is 22.8 Å². The summed E-state index contributed by atoms with van der Waals surface area (Å²) in [5.74, 6) is -0.935. The number of halogens is 3. The Balaban J connectivity index is 1.88. The quantitative estimate of drug-likeness (QED) is 0.755. The number of rotatable bonds is 5. The molecule has 6 nitrogen and oxygen atoms in total. The van der Waals surface area contributed by atoms with Crippen LogP contribution in [-0.2, 0) is 9.53 Å². The predicted octanol–water partition coefficient (Wildman–Crippen LogP) is 2.44. The van der Waals surface area contributed by atoms with Gasteiger partial charge in [-0.3, -0.25) is 9.59 Å². The van der Waals surface area contributed by atoms with Gasteiger partial charge in [-0.15, -0.1) is 0 Å². The standard InChI is InChI=1S/C16H19F3N2O4/c1-2-24-15(23)11-5-7-21(8-6-11)14(22)12-3-4-13(20-9-12)25-10-16(17,18)19/h3-4,9,11H,2,5-8,10H2,1H3. The number of amides is 1. The molecule has 1 amide bonds. The van der Waals surface area contributed by atoms with Crippen molar-refractivity contribution >= 4 is 11.9 Å². The maximum absolute atomic E-state index is 12.4. The number of hydrogen-bond acceptors (Lipinski definition) is 5. The van der Waals surface area contributed by atoms with Crippen LogP contribution in [0.15, 0.2) is 18.3 Å². The summed E-state index contributed by atoms with van der Waals surface area (Å²) >= 11 is 0. The summed E-state index contributed by atoms with van der Waals surface area (Å²) in [4.78, 5) is 29.4. The lowest BCUT2D eigenvalue weighted by Gasteiger charge is -2.30. The SMILES string of the molecule is CCOC(=O)C1CCN(C(=O)c2ccc(OCC(F)(F)F)nc2)CC1. The molecule has 25 heavy (non-hydrogen) atoms. The minimum Gasteiger partial charge on any atom is -0.468 e. The molecule has 0 aromatic carbocycles. The number of piperidine rings is 1. The van der Waals surface area contributed by atoms with E-state index < -0.39 is 12.8 Å². The fourth-order valence-electron chi connectivity index (χ4n) is 2.51. The van der Waals surface area contributed by atoms with E-state index in [4.69, 9.17) is 4.74 Å². The average molecular weight is 360 g/mol. The number of carbonyl (C=O) groups is 2. The highest BCUT2D eigenvalue weighted by atomic mass is 19.4. The van der Waals surface area contributed by atoms with E-state index in [0.717, 1.165) is 0 Å². The summed E-state index contributed by atoms with van der Waals surface area (Å²) in [6.07, 6.45) is -2.22. The lowest BCUT2D eigenvalue weighted by molar-refractivity contribution is -0.154. The Labute approximate surface area is 142 Å². The van der Waals surface area contributed by atoms with E-state index in [1.165, 1.54) is 18.3 Å². The normalized spacial score (nSPS) is 15.8. The van der Waals surface area contributed by atoms with Crippen molar-refractivity contribution in [3.63, 3.8) is 0 Å². The highest BCUT2D eigenvalue weighted by molar-refractivity contribution is 5.94. The highest BCUT2D eigenvalue weighted by Gasteiger charge is 2.30. The van der Waals surface area contributed by atoms with Gasteiger partial charge in [0.2, 0.25) is 5.88 Å². The number of likely N-dealkylation sites (tertiary alicyclic amines) is 1. The van der Waals surface area contributed by atoms with Gasteiger partial charge in [0.15, 0.2) is 6.61 Å². The first kappa shape index (κ1) is 19.0. The largest absolute Gasteiger partial charge is 0.468 e. The molecule has 2 rings (SSSR count). The molecule has 1 fully saturated rings. The predicted molar refractivity (Wildman–Crippen MR) is 81.0 cm³/mol. The summed E-state index contributed by atoms with van der Waals surface area (Å²) in [6, 6.07) is 2.60. The molecule has 1 aromatic rings. The van der Waals surface area contributed by atoms with Crippen molar-refractivity contribution in [3.8, 4) is 5.88 Å². The van der Waals surface area contributed by atoms with Crippen LogP contribution in [0.1, 0.15) is 30.1 Å². The monoisotopic (exact) mass is 360 g/mol. The summed E-state index contributed by atoms with van der Waals surface area (Å²) in [7, 11) is 0. The molecule has 138 valence electrons. The fraction of sp³-hybridized carbons (Fsp3) is 0.562. The van der Waals surface area contributed by atoms with Gasteiger partial charge in [0.05, 0.1) is 18.1 Å². The zero-order valence-electron chi connectivity index (χ0n) is 13.7. The Morgan fingerprint density at radius 1 is 1.28 bits per heavy atom. The van der Waals surface area contributed by atoms with Gasteiger partial charge in [-0.05, 0) is 25.8 Å². The van der Waals surface area contributed by atoms with E-state index in [0.29, 0.717) is 32.5 Å². The Kier molecular flexibility index (Phi) is 6.22. The minimum absolute atomic E-state index is 0.199. The van der Waals surface area contributed by atoms with Crippen LogP contribution in [0, 0.1) is 5.92 Å². The molecular weight excluding hydrogens is 341 g/mol. The van der Waals surface area contributed by atoms with Crippen molar-refractivity contribution in [1.82, 2.24) is 9.88 Å². The summed E-state index contributed by atoms with van der Waals surface area (Å²) in [5, 5.41) is 0. The van der Waals surface area contributed by atoms with E-state index >= 15 is 0 Å². The number of ether oxygens (including phenoxy) is 2. The van der Waals surface area contributed by atoms with Gasteiger partial charge in [0.25, 0.3) is 5.91 Å². The van der Waals surface area contributed by atoms with Crippen molar-refractivity contribution in [1.29, 1.82) is 0 Å². The Hall–Kier alpha value is -2.32. The van der Waals surface area contributed by atoms with Gasteiger partial charge >= 0.3 is 12.1 Å². The molecule has 0 aliphatic carbocycles. The minimum atomic E-state index is -4.45. The Morgan fingerprint density at radius 3 is 2.48 bits per heavy atom. The van der Waals surface area contributed by atoms with Gasteiger partial charge in [-0.25, -0.2) is 4.98 Å². The number of aromatic nitrogens is 1.